The molecule has 1 fully saturated rings. The van der Waals surface area contributed by atoms with Crippen molar-refractivity contribution in [2.45, 2.75) is 6.92 Å². The molecule has 5 rings (SSSR count). The summed E-state index contributed by atoms with van der Waals surface area (Å²) >= 11 is 11.8. The van der Waals surface area contributed by atoms with Gasteiger partial charge in [-0.05, 0) is 73.2 Å². The van der Waals surface area contributed by atoms with Gasteiger partial charge >= 0.3 is 0 Å². The number of hydrogen-bond acceptors (Lipinski definition) is 7. The number of para-hydroxylation sites is 3. The van der Waals surface area contributed by atoms with Crippen molar-refractivity contribution >= 4 is 69.9 Å². The van der Waals surface area contributed by atoms with Crippen molar-refractivity contribution in [3.63, 3.8) is 0 Å². The van der Waals surface area contributed by atoms with E-state index in [4.69, 9.17) is 28.6 Å². The van der Waals surface area contributed by atoms with Crippen LogP contribution in [0.1, 0.15) is 21.5 Å². The van der Waals surface area contributed by atoms with Crippen LogP contribution < -0.4 is 20.4 Å². The van der Waals surface area contributed by atoms with Crippen LogP contribution >= 0.6 is 23.8 Å². The number of methoxy groups -OCH3 is 1. The maximum atomic E-state index is 13.8. The largest absolute Gasteiger partial charge is 0.495 e. The number of nitrogens with zero attached hydrogens (tertiary/aromatic N) is 3. The first-order chi connectivity index (χ1) is 21.3. The van der Waals surface area contributed by atoms with E-state index >= 15 is 0 Å². The molecule has 3 amide bonds. The molecule has 1 aliphatic rings. The summed E-state index contributed by atoms with van der Waals surface area (Å²) in [6.07, 6.45) is 1.64. The van der Waals surface area contributed by atoms with Gasteiger partial charge in [-0.25, -0.2) is 0 Å². The Kier molecular flexibility index (Phi) is 9.32. The Labute approximate surface area is 265 Å². The highest BCUT2D eigenvalue weighted by Crippen LogP contribution is 2.32. The van der Waals surface area contributed by atoms with Gasteiger partial charge in [0.1, 0.15) is 11.7 Å². The molecular formula is C33H28ClN5O4S. The lowest BCUT2D eigenvalue weighted by Crippen LogP contribution is -2.65. The van der Waals surface area contributed by atoms with Crippen LogP contribution in [-0.2, 0) is 9.59 Å². The lowest BCUT2D eigenvalue weighted by atomic mass is 10.0. The number of halogens is 1. The number of benzene rings is 4. The number of nitrogens with one attached hydrogen (secondary N) is 2. The number of thiocarbonyl (C=S) groups is 1. The Hall–Kier alpha value is -5.06. The number of hydrazine groups is 1. The first-order valence-corrected chi connectivity index (χ1v) is 14.4. The summed E-state index contributed by atoms with van der Waals surface area (Å²) in [4.78, 5) is 46.5. The van der Waals surface area contributed by atoms with Gasteiger partial charge in [0, 0.05) is 34.6 Å². The number of amides is 3. The molecule has 0 bridgehead atoms. The summed E-state index contributed by atoms with van der Waals surface area (Å²) in [6, 6.07) is 28.1. The molecule has 4 aromatic carbocycles. The average Bonchev–Trinajstić information content (AvgIpc) is 3.04. The molecule has 1 saturated heterocycles. The number of hydrogen-bond donors (Lipinski definition) is 2. The van der Waals surface area contributed by atoms with Crippen molar-refractivity contribution in [3.8, 4) is 5.75 Å². The van der Waals surface area contributed by atoms with Crippen molar-refractivity contribution in [1.82, 2.24) is 10.4 Å². The first kappa shape index (κ1) is 30.4. The predicted molar refractivity (Wildman–Crippen MR) is 176 cm³/mol. The Balaban J connectivity index is 1.39. The Morgan fingerprint density at radius 1 is 0.955 bits per heavy atom. The zero-order valence-corrected chi connectivity index (χ0v) is 25.4. The van der Waals surface area contributed by atoms with Gasteiger partial charge in [-0.15, -0.1) is 0 Å². The first-order valence-electron chi connectivity index (χ1n) is 13.6. The van der Waals surface area contributed by atoms with Gasteiger partial charge in [0.05, 0.1) is 18.5 Å². The smallest absolute Gasteiger partial charge is 0.270 e. The Morgan fingerprint density at radius 2 is 1.64 bits per heavy atom. The van der Waals surface area contributed by atoms with Gasteiger partial charge in [0.2, 0.25) is 11.0 Å². The maximum Gasteiger partial charge on any atom is 0.270 e. The van der Waals surface area contributed by atoms with Gasteiger partial charge in [-0.3, -0.25) is 29.7 Å². The third kappa shape index (κ3) is 6.46. The van der Waals surface area contributed by atoms with Crippen molar-refractivity contribution < 1.29 is 19.1 Å². The highest BCUT2D eigenvalue weighted by atomic mass is 35.5. The molecule has 0 aromatic heterocycles. The third-order valence-corrected chi connectivity index (χ3v) is 7.70. The lowest BCUT2D eigenvalue weighted by molar-refractivity contribution is -0.140. The SMILES string of the molecule is COc1ccccc1N1C(=O)C(CNc2ccccc2C)C(=O)N(NC(=O)c2ccc(N=Cc3ccccc3Cl)cc2)C1=S. The molecule has 1 aliphatic heterocycles. The van der Waals surface area contributed by atoms with Crippen LogP contribution in [-0.4, -0.2) is 47.7 Å². The van der Waals surface area contributed by atoms with Crippen molar-refractivity contribution in [2.24, 2.45) is 10.9 Å². The molecular weight excluding hydrogens is 598 g/mol. The van der Waals surface area contributed by atoms with Crippen LogP contribution in [0, 0.1) is 12.8 Å². The summed E-state index contributed by atoms with van der Waals surface area (Å²) < 4.78 is 5.48. The molecule has 0 saturated carbocycles. The molecule has 222 valence electrons. The van der Waals surface area contributed by atoms with Gasteiger partial charge < -0.3 is 10.1 Å². The van der Waals surface area contributed by atoms with E-state index in [9.17, 15) is 14.4 Å². The lowest BCUT2D eigenvalue weighted by Gasteiger charge is -2.39. The molecule has 2 N–H and O–H groups in total. The van der Waals surface area contributed by atoms with Gasteiger partial charge in [0.15, 0.2) is 0 Å². The minimum Gasteiger partial charge on any atom is -0.495 e. The summed E-state index contributed by atoms with van der Waals surface area (Å²) in [5, 5.41) is 4.51. The molecule has 0 spiro atoms. The normalized spacial score (nSPS) is 15.1. The summed E-state index contributed by atoms with van der Waals surface area (Å²) in [5.74, 6) is -2.63. The zero-order chi connectivity index (χ0) is 31.2. The molecule has 0 aliphatic carbocycles. The van der Waals surface area contributed by atoms with Crippen molar-refractivity contribution in [2.75, 3.05) is 23.9 Å². The zero-order valence-electron chi connectivity index (χ0n) is 23.9. The summed E-state index contributed by atoms with van der Waals surface area (Å²) in [7, 11) is 1.47. The van der Waals surface area contributed by atoms with Gasteiger partial charge in [0.25, 0.3) is 11.8 Å². The second-order valence-corrected chi connectivity index (χ2v) is 10.6. The number of anilines is 2. The second kappa shape index (κ2) is 13.5. The molecule has 1 unspecified atom stereocenters. The van der Waals surface area contributed by atoms with Crippen molar-refractivity contribution in [3.05, 3.63) is 119 Å². The van der Waals surface area contributed by atoms with Crippen LogP contribution in [0.25, 0.3) is 0 Å². The van der Waals surface area contributed by atoms with E-state index in [2.05, 4.69) is 15.7 Å². The van der Waals surface area contributed by atoms with Gasteiger partial charge in [-0.1, -0.05) is 60.1 Å². The Morgan fingerprint density at radius 3 is 2.36 bits per heavy atom. The molecule has 1 heterocycles. The van der Waals surface area contributed by atoms with Crippen LogP contribution in [0.4, 0.5) is 17.1 Å². The summed E-state index contributed by atoms with van der Waals surface area (Å²) in [5.41, 5.74) is 6.29. The maximum absolute atomic E-state index is 13.8. The fourth-order valence-corrected chi connectivity index (χ4v) is 5.10. The fourth-order valence-electron chi connectivity index (χ4n) is 4.59. The van der Waals surface area contributed by atoms with E-state index in [0.29, 0.717) is 22.1 Å². The van der Waals surface area contributed by atoms with E-state index < -0.39 is 23.6 Å². The number of aliphatic imine (C=N–C) groups is 1. The number of aryl methyl sites for hydroxylation is 1. The number of rotatable bonds is 9. The third-order valence-electron chi connectivity index (χ3n) is 6.99. The highest BCUT2D eigenvalue weighted by molar-refractivity contribution is 7.80. The number of ether oxygens (including phenoxy) is 1. The number of carbonyl (C=O) groups is 3. The fraction of sp³-hybridized carbons (Fsp3) is 0.121. The van der Waals surface area contributed by atoms with E-state index in [0.717, 1.165) is 21.8 Å². The number of carbonyl (C=O) groups excluding carboxylic acids is 3. The predicted octanol–water partition coefficient (Wildman–Crippen LogP) is 5.94. The van der Waals surface area contributed by atoms with Crippen molar-refractivity contribution in [1.29, 1.82) is 0 Å². The molecule has 11 heteroatoms. The van der Waals surface area contributed by atoms with Crippen LogP contribution in [0.2, 0.25) is 5.02 Å². The average molecular weight is 626 g/mol. The quantitative estimate of drug-likeness (QED) is 0.136. The van der Waals surface area contributed by atoms with Gasteiger partial charge in [-0.2, -0.15) is 5.01 Å². The van der Waals surface area contributed by atoms with Crippen LogP contribution in [0.5, 0.6) is 5.75 Å². The van der Waals surface area contributed by atoms with E-state index in [1.807, 2.05) is 49.4 Å². The van der Waals surface area contributed by atoms with E-state index in [1.54, 1.807) is 60.8 Å². The monoisotopic (exact) mass is 625 g/mol. The molecule has 1 atom stereocenters. The molecule has 4 aromatic rings. The molecule has 0 radical (unpaired) electrons. The minimum atomic E-state index is -1.20. The standard InChI is InChI=1S/C33H28ClN5O4S/c1-21-9-3-6-12-27(21)36-20-25-31(41)38(28-13-7-8-14-29(28)43-2)33(44)39(32(25)42)37-30(40)22-15-17-24(18-16-22)35-19-23-10-4-5-11-26(23)34/h3-19,25,36H,20H2,1-2H3,(H,37,40). The second-order valence-electron chi connectivity index (χ2n) is 9.82. The van der Waals surface area contributed by atoms with E-state index in [-0.39, 0.29) is 17.2 Å². The minimum absolute atomic E-state index is 0.0265. The highest BCUT2D eigenvalue weighted by Gasteiger charge is 2.46. The summed E-state index contributed by atoms with van der Waals surface area (Å²) in [6.45, 7) is 1.89. The molecule has 9 nitrogen and oxygen atoms in total. The van der Waals surface area contributed by atoms with Crippen LogP contribution in [0.3, 0.4) is 0 Å². The Bertz CT molecular complexity index is 1760. The molecule has 44 heavy (non-hydrogen) atoms. The van der Waals surface area contributed by atoms with Crippen LogP contribution in [0.15, 0.2) is 102 Å². The van der Waals surface area contributed by atoms with E-state index in [1.165, 1.54) is 12.0 Å². The topological polar surface area (TPSA) is 103 Å².